The SMILES string of the molecule is NCC(=O)NCCNC(N)=O. The Morgan fingerprint density at radius 1 is 1.18 bits per heavy atom. The molecule has 6 heteroatoms. The van der Waals surface area contributed by atoms with Crippen LogP contribution in [0, 0.1) is 0 Å². The van der Waals surface area contributed by atoms with Crippen molar-refractivity contribution < 1.29 is 9.59 Å². The van der Waals surface area contributed by atoms with Crippen LogP contribution in [-0.4, -0.2) is 31.6 Å². The van der Waals surface area contributed by atoms with Crippen molar-refractivity contribution in [3.05, 3.63) is 0 Å². The highest BCUT2D eigenvalue weighted by Gasteiger charge is 1.95. The third-order valence-electron chi connectivity index (χ3n) is 0.932. The van der Waals surface area contributed by atoms with Gasteiger partial charge in [-0.3, -0.25) is 4.79 Å². The van der Waals surface area contributed by atoms with Gasteiger partial charge < -0.3 is 22.1 Å². The Morgan fingerprint density at radius 3 is 2.18 bits per heavy atom. The fourth-order valence-corrected chi connectivity index (χ4v) is 0.460. The van der Waals surface area contributed by atoms with Crippen LogP contribution in [0.4, 0.5) is 4.79 Å². The van der Waals surface area contributed by atoms with Gasteiger partial charge in [0, 0.05) is 13.1 Å². The molecule has 0 aliphatic carbocycles. The van der Waals surface area contributed by atoms with Crippen LogP contribution in [0.5, 0.6) is 0 Å². The lowest BCUT2D eigenvalue weighted by molar-refractivity contribution is -0.119. The molecule has 0 spiro atoms. The highest BCUT2D eigenvalue weighted by molar-refractivity contribution is 5.77. The Hall–Kier alpha value is -1.30. The third kappa shape index (κ3) is 6.59. The maximum absolute atomic E-state index is 10.5. The number of nitrogens with one attached hydrogen (secondary N) is 2. The van der Waals surface area contributed by atoms with Crippen molar-refractivity contribution in [3.8, 4) is 0 Å². The normalized spacial score (nSPS) is 8.82. The van der Waals surface area contributed by atoms with Gasteiger partial charge in [-0.2, -0.15) is 0 Å². The number of primary amides is 1. The molecular weight excluding hydrogens is 148 g/mol. The zero-order chi connectivity index (χ0) is 8.69. The van der Waals surface area contributed by atoms with E-state index in [0.717, 1.165) is 0 Å². The van der Waals surface area contributed by atoms with Crippen molar-refractivity contribution in [2.45, 2.75) is 0 Å². The van der Waals surface area contributed by atoms with Crippen molar-refractivity contribution in [1.29, 1.82) is 0 Å². The lowest BCUT2D eigenvalue weighted by Crippen LogP contribution is -2.39. The van der Waals surface area contributed by atoms with Gasteiger partial charge in [0.2, 0.25) is 5.91 Å². The monoisotopic (exact) mass is 160 g/mol. The summed E-state index contributed by atoms with van der Waals surface area (Å²) >= 11 is 0. The maximum atomic E-state index is 10.5. The van der Waals surface area contributed by atoms with E-state index in [1.54, 1.807) is 0 Å². The molecule has 6 nitrogen and oxygen atoms in total. The Bertz CT molecular complexity index is 147. The number of urea groups is 1. The molecule has 0 aliphatic heterocycles. The number of hydrogen-bond donors (Lipinski definition) is 4. The fraction of sp³-hybridized carbons (Fsp3) is 0.600. The summed E-state index contributed by atoms with van der Waals surface area (Å²) in [5.74, 6) is -0.253. The number of hydrogen-bond acceptors (Lipinski definition) is 3. The van der Waals surface area contributed by atoms with Gasteiger partial charge in [-0.1, -0.05) is 0 Å². The summed E-state index contributed by atoms with van der Waals surface area (Å²) in [6, 6.07) is -0.605. The molecule has 0 saturated heterocycles. The van der Waals surface area contributed by atoms with E-state index in [1.165, 1.54) is 0 Å². The first kappa shape index (κ1) is 9.70. The third-order valence-corrected chi connectivity index (χ3v) is 0.932. The predicted molar refractivity (Wildman–Crippen MR) is 39.7 cm³/mol. The number of carbonyl (C=O) groups is 2. The van der Waals surface area contributed by atoms with Crippen LogP contribution in [0.3, 0.4) is 0 Å². The van der Waals surface area contributed by atoms with Gasteiger partial charge in [-0.05, 0) is 0 Å². The summed E-state index contributed by atoms with van der Waals surface area (Å²) in [4.78, 5) is 20.6. The minimum absolute atomic E-state index is 0.0451. The average Bonchev–Trinajstić information content (AvgIpc) is 1.97. The quantitative estimate of drug-likeness (QED) is 0.348. The highest BCUT2D eigenvalue weighted by atomic mass is 16.2. The Kier molecular flexibility index (Phi) is 4.83. The van der Waals surface area contributed by atoms with Crippen molar-refractivity contribution in [3.63, 3.8) is 0 Å². The molecule has 3 amide bonds. The van der Waals surface area contributed by atoms with Crippen molar-refractivity contribution in [1.82, 2.24) is 10.6 Å². The average molecular weight is 160 g/mol. The van der Waals surface area contributed by atoms with E-state index < -0.39 is 6.03 Å². The van der Waals surface area contributed by atoms with Crippen LogP contribution < -0.4 is 22.1 Å². The molecular formula is C5H12N4O2. The van der Waals surface area contributed by atoms with Gasteiger partial charge in [0.05, 0.1) is 6.54 Å². The molecule has 64 valence electrons. The van der Waals surface area contributed by atoms with E-state index in [-0.39, 0.29) is 12.5 Å². The van der Waals surface area contributed by atoms with E-state index in [9.17, 15) is 9.59 Å². The van der Waals surface area contributed by atoms with Gasteiger partial charge in [0.15, 0.2) is 0 Å². The maximum Gasteiger partial charge on any atom is 0.312 e. The van der Waals surface area contributed by atoms with Crippen LogP contribution in [0.2, 0.25) is 0 Å². The summed E-state index contributed by atoms with van der Waals surface area (Å²) in [6.07, 6.45) is 0. The molecule has 0 saturated carbocycles. The lowest BCUT2D eigenvalue weighted by Gasteiger charge is -2.02. The van der Waals surface area contributed by atoms with Crippen LogP contribution in [0.15, 0.2) is 0 Å². The molecule has 11 heavy (non-hydrogen) atoms. The van der Waals surface area contributed by atoms with Crippen LogP contribution in [0.25, 0.3) is 0 Å². The zero-order valence-corrected chi connectivity index (χ0v) is 6.09. The topological polar surface area (TPSA) is 110 Å². The minimum Gasteiger partial charge on any atom is -0.353 e. The van der Waals surface area contributed by atoms with Gasteiger partial charge in [-0.25, -0.2) is 4.79 Å². The second kappa shape index (κ2) is 5.48. The molecule has 0 heterocycles. The molecule has 0 bridgehead atoms. The number of rotatable bonds is 4. The van der Waals surface area contributed by atoms with E-state index in [4.69, 9.17) is 11.5 Å². The van der Waals surface area contributed by atoms with Gasteiger partial charge in [0.1, 0.15) is 0 Å². The van der Waals surface area contributed by atoms with E-state index in [0.29, 0.717) is 13.1 Å². The first-order valence-electron chi connectivity index (χ1n) is 3.17. The fourth-order valence-electron chi connectivity index (χ4n) is 0.460. The van der Waals surface area contributed by atoms with Gasteiger partial charge in [0.25, 0.3) is 0 Å². The Balaban J connectivity index is 3.14. The second-order valence-electron chi connectivity index (χ2n) is 1.85. The van der Waals surface area contributed by atoms with E-state index >= 15 is 0 Å². The van der Waals surface area contributed by atoms with Gasteiger partial charge >= 0.3 is 6.03 Å². The summed E-state index contributed by atoms with van der Waals surface area (Å²) in [6.45, 7) is 0.622. The molecule has 0 radical (unpaired) electrons. The van der Waals surface area contributed by atoms with Crippen LogP contribution >= 0.6 is 0 Å². The molecule has 0 aromatic carbocycles. The smallest absolute Gasteiger partial charge is 0.312 e. The van der Waals surface area contributed by atoms with E-state index in [1.807, 2.05) is 0 Å². The summed E-state index contributed by atoms with van der Waals surface area (Å²) < 4.78 is 0. The first-order valence-corrected chi connectivity index (χ1v) is 3.17. The molecule has 0 aromatic rings. The molecule has 0 rings (SSSR count). The summed E-state index contributed by atoms with van der Waals surface area (Å²) in [7, 11) is 0. The number of nitrogens with two attached hydrogens (primary N) is 2. The predicted octanol–water partition coefficient (Wildman–Crippen LogP) is -2.27. The lowest BCUT2D eigenvalue weighted by atomic mass is 10.5. The van der Waals surface area contributed by atoms with Crippen molar-refractivity contribution >= 4 is 11.9 Å². The second-order valence-corrected chi connectivity index (χ2v) is 1.85. The molecule has 0 aromatic heterocycles. The van der Waals surface area contributed by atoms with Crippen molar-refractivity contribution in [2.75, 3.05) is 19.6 Å². The standard InChI is InChI=1S/C5H12N4O2/c6-3-4(10)8-1-2-9-5(7)11/h1-3,6H2,(H,8,10)(H3,7,9,11). The first-order chi connectivity index (χ1) is 5.16. The van der Waals surface area contributed by atoms with Crippen LogP contribution in [-0.2, 0) is 4.79 Å². The van der Waals surface area contributed by atoms with E-state index in [2.05, 4.69) is 10.6 Å². The van der Waals surface area contributed by atoms with Gasteiger partial charge in [-0.15, -0.1) is 0 Å². The molecule has 0 fully saturated rings. The highest BCUT2D eigenvalue weighted by Crippen LogP contribution is 1.60. The molecule has 0 atom stereocenters. The molecule has 0 aliphatic rings. The summed E-state index contributed by atoms with van der Waals surface area (Å²) in [5, 5.41) is 4.76. The van der Waals surface area contributed by atoms with Crippen molar-refractivity contribution in [2.24, 2.45) is 11.5 Å². The largest absolute Gasteiger partial charge is 0.353 e. The number of carbonyl (C=O) groups excluding carboxylic acids is 2. The molecule has 0 unspecified atom stereocenters. The summed E-state index contributed by atoms with van der Waals surface area (Å²) in [5.41, 5.74) is 9.74. The molecule has 6 N–H and O–H groups in total. The van der Waals surface area contributed by atoms with Crippen LogP contribution in [0.1, 0.15) is 0 Å². The zero-order valence-electron chi connectivity index (χ0n) is 6.09. The minimum atomic E-state index is -0.605. The number of amides is 3. The Labute approximate surface area is 64.3 Å². The Morgan fingerprint density at radius 2 is 1.73 bits per heavy atom.